The Kier molecular flexibility index (Phi) is 5.81. The van der Waals surface area contributed by atoms with Crippen molar-refractivity contribution in [1.82, 2.24) is 15.0 Å². The first-order valence-electron chi connectivity index (χ1n) is 9.02. The minimum atomic E-state index is -0.262. The van der Waals surface area contributed by atoms with Gasteiger partial charge in [0.2, 0.25) is 11.7 Å². The lowest BCUT2D eigenvalue weighted by Crippen LogP contribution is -2.40. The number of benzene rings is 1. The topological polar surface area (TPSA) is 62.4 Å². The zero-order chi connectivity index (χ0) is 17.8. The van der Waals surface area contributed by atoms with Crippen LogP contribution in [-0.4, -0.2) is 45.9 Å². The van der Waals surface area contributed by atoms with E-state index < -0.39 is 0 Å². The number of aryl methyl sites for hydroxylation is 2. The van der Waals surface area contributed by atoms with Crippen molar-refractivity contribution in [3.63, 3.8) is 0 Å². The Bertz CT molecular complexity index is 702. The van der Waals surface area contributed by atoms with Crippen molar-refractivity contribution in [1.29, 1.82) is 0 Å². The van der Waals surface area contributed by atoms with Crippen LogP contribution in [0.4, 0.5) is 4.39 Å². The molecule has 6 heteroatoms. The maximum atomic E-state index is 13.7. The predicted molar refractivity (Wildman–Crippen MR) is 93.6 cm³/mol. The molecule has 5 nitrogen and oxygen atoms in total. The van der Waals surface area contributed by atoms with E-state index in [0.29, 0.717) is 35.2 Å². The first-order valence-corrected chi connectivity index (χ1v) is 9.02. The summed E-state index contributed by atoms with van der Waals surface area (Å²) in [6.45, 7) is 6.60. The average molecular weight is 347 g/mol. The maximum Gasteiger partial charge on any atom is 0.227 e. The molecule has 136 valence electrons. The van der Waals surface area contributed by atoms with Gasteiger partial charge in [-0.1, -0.05) is 17.3 Å². The lowest BCUT2D eigenvalue weighted by Gasteiger charge is -2.34. The lowest BCUT2D eigenvalue weighted by molar-refractivity contribution is 0.0623. The van der Waals surface area contributed by atoms with Gasteiger partial charge in [0.25, 0.3) is 0 Å². The van der Waals surface area contributed by atoms with Crippen LogP contribution in [0, 0.1) is 18.7 Å². The molecule has 1 saturated heterocycles. The molecule has 2 atom stereocenters. The number of nitrogens with zero attached hydrogens (tertiary/aromatic N) is 3. The molecule has 2 unspecified atom stereocenters. The highest BCUT2D eigenvalue weighted by Gasteiger charge is 2.23. The van der Waals surface area contributed by atoms with Gasteiger partial charge in [0, 0.05) is 18.5 Å². The Labute approximate surface area is 147 Å². The molecule has 1 aliphatic rings. The van der Waals surface area contributed by atoms with Gasteiger partial charge in [-0.25, -0.2) is 4.39 Å². The van der Waals surface area contributed by atoms with Crippen molar-refractivity contribution >= 4 is 0 Å². The second kappa shape index (κ2) is 8.06. The predicted octanol–water partition coefficient (Wildman–Crippen LogP) is 3.21. The lowest BCUT2D eigenvalue weighted by atomic mass is 9.93. The highest BCUT2D eigenvalue weighted by Crippen LogP contribution is 2.21. The molecule has 3 rings (SSSR count). The maximum absolute atomic E-state index is 13.7. The molecule has 1 aromatic carbocycles. The van der Waals surface area contributed by atoms with Crippen molar-refractivity contribution in [2.75, 3.05) is 19.6 Å². The molecule has 1 N–H and O–H groups in total. The van der Waals surface area contributed by atoms with Crippen molar-refractivity contribution in [2.45, 2.75) is 45.6 Å². The summed E-state index contributed by atoms with van der Waals surface area (Å²) in [5.41, 5.74) is 1.23. The third-order valence-corrected chi connectivity index (χ3v) is 4.99. The number of halogens is 1. The van der Waals surface area contributed by atoms with E-state index in [9.17, 15) is 9.50 Å². The average Bonchev–Trinajstić information content (AvgIpc) is 3.06. The summed E-state index contributed by atoms with van der Waals surface area (Å²) >= 11 is 0. The van der Waals surface area contributed by atoms with Gasteiger partial charge in [0.15, 0.2) is 0 Å². The standard InChI is InChI=1S/C19H26FN3O2/c1-13-7-8-15(11-17(13)20)19-21-18(25-22-19)6-4-10-23-9-3-5-16(12-23)14(2)24/h7-8,11,14,16,24H,3-6,9-10,12H2,1-2H3. The van der Waals surface area contributed by atoms with Gasteiger partial charge in [-0.05, 0) is 63.7 Å². The van der Waals surface area contributed by atoms with Crippen molar-refractivity contribution < 1.29 is 14.0 Å². The van der Waals surface area contributed by atoms with Gasteiger partial charge < -0.3 is 14.5 Å². The molecule has 0 bridgehead atoms. The van der Waals surface area contributed by atoms with Crippen molar-refractivity contribution in [2.24, 2.45) is 5.92 Å². The molecular formula is C19H26FN3O2. The highest BCUT2D eigenvalue weighted by molar-refractivity contribution is 5.54. The molecule has 0 spiro atoms. The van der Waals surface area contributed by atoms with E-state index in [2.05, 4.69) is 15.0 Å². The van der Waals surface area contributed by atoms with Crippen molar-refractivity contribution in [3.05, 3.63) is 35.5 Å². The van der Waals surface area contributed by atoms with Crippen LogP contribution < -0.4 is 0 Å². The van der Waals surface area contributed by atoms with Gasteiger partial charge in [0.1, 0.15) is 5.82 Å². The molecule has 0 amide bonds. The third kappa shape index (κ3) is 4.64. The zero-order valence-corrected chi connectivity index (χ0v) is 14.9. The number of aliphatic hydroxyl groups excluding tert-OH is 1. The first kappa shape index (κ1) is 18.0. The fraction of sp³-hybridized carbons (Fsp3) is 0.579. The van der Waals surface area contributed by atoms with Crippen molar-refractivity contribution in [3.8, 4) is 11.4 Å². The summed E-state index contributed by atoms with van der Waals surface area (Å²) in [5, 5.41) is 13.7. The minimum Gasteiger partial charge on any atom is -0.393 e. The Morgan fingerprint density at radius 1 is 1.44 bits per heavy atom. The second-order valence-corrected chi connectivity index (χ2v) is 7.02. The van der Waals surface area contributed by atoms with Crippen LogP contribution in [0.1, 0.15) is 37.6 Å². The number of aromatic nitrogens is 2. The Balaban J connectivity index is 1.51. The number of rotatable bonds is 6. The van der Waals surface area contributed by atoms with E-state index in [1.165, 1.54) is 6.07 Å². The van der Waals surface area contributed by atoms with Crippen LogP contribution in [0.15, 0.2) is 22.7 Å². The van der Waals surface area contributed by atoms with E-state index in [1.807, 2.05) is 6.92 Å². The number of likely N-dealkylation sites (tertiary alicyclic amines) is 1. The SMILES string of the molecule is Cc1ccc(-c2noc(CCCN3CCCC(C(C)O)C3)n2)cc1F. The smallest absolute Gasteiger partial charge is 0.227 e. The summed E-state index contributed by atoms with van der Waals surface area (Å²) in [5.74, 6) is 1.13. The summed E-state index contributed by atoms with van der Waals surface area (Å²) in [6, 6.07) is 4.96. The fourth-order valence-corrected chi connectivity index (χ4v) is 3.35. The Morgan fingerprint density at radius 3 is 3.04 bits per heavy atom. The largest absolute Gasteiger partial charge is 0.393 e. The van der Waals surface area contributed by atoms with E-state index in [1.54, 1.807) is 19.1 Å². The molecule has 0 radical (unpaired) electrons. The van der Waals surface area contributed by atoms with Gasteiger partial charge in [0.05, 0.1) is 6.10 Å². The fourth-order valence-electron chi connectivity index (χ4n) is 3.35. The number of piperidine rings is 1. The Hall–Kier alpha value is -1.79. The van der Waals surface area contributed by atoms with Gasteiger partial charge >= 0.3 is 0 Å². The quantitative estimate of drug-likeness (QED) is 0.869. The Morgan fingerprint density at radius 2 is 2.28 bits per heavy atom. The van der Waals surface area contributed by atoms with E-state index >= 15 is 0 Å². The van der Waals surface area contributed by atoms with Gasteiger partial charge in [-0.3, -0.25) is 0 Å². The molecule has 2 aromatic rings. The zero-order valence-electron chi connectivity index (χ0n) is 14.9. The summed E-state index contributed by atoms with van der Waals surface area (Å²) in [4.78, 5) is 6.77. The van der Waals surface area contributed by atoms with E-state index in [-0.39, 0.29) is 11.9 Å². The number of hydrogen-bond acceptors (Lipinski definition) is 5. The summed E-state index contributed by atoms with van der Waals surface area (Å²) in [7, 11) is 0. The summed E-state index contributed by atoms with van der Waals surface area (Å²) in [6.07, 6.45) is 3.64. The first-order chi connectivity index (χ1) is 12.0. The third-order valence-electron chi connectivity index (χ3n) is 4.99. The molecular weight excluding hydrogens is 321 g/mol. The second-order valence-electron chi connectivity index (χ2n) is 7.02. The number of aliphatic hydroxyl groups is 1. The van der Waals surface area contributed by atoms with E-state index in [4.69, 9.17) is 4.52 Å². The van der Waals surface area contributed by atoms with Crippen LogP contribution in [0.3, 0.4) is 0 Å². The minimum absolute atomic E-state index is 0.240. The molecule has 25 heavy (non-hydrogen) atoms. The van der Waals surface area contributed by atoms with Crippen LogP contribution in [-0.2, 0) is 6.42 Å². The monoisotopic (exact) mass is 347 g/mol. The molecule has 1 aromatic heterocycles. The summed E-state index contributed by atoms with van der Waals surface area (Å²) < 4.78 is 19.0. The molecule has 1 aliphatic heterocycles. The van der Waals surface area contributed by atoms with Gasteiger partial charge in [-0.15, -0.1) is 0 Å². The normalized spacial score (nSPS) is 19.9. The highest BCUT2D eigenvalue weighted by atomic mass is 19.1. The molecule has 0 aliphatic carbocycles. The molecule has 1 fully saturated rings. The number of hydrogen-bond donors (Lipinski definition) is 1. The molecule has 2 heterocycles. The molecule has 0 saturated carbocycles. The van der Waals surface area contributed by atoms with Crippen LogP contribution in [0.2, 0.25) is 0 Å². The van der Waals surface area contributed by atoms with Crippen LogP contribution in [0.25, 0.3) is 11.4 Å². The van der Waals surface area contributed by atoms with Crippen LogP contribution in [0.5, 0.6) is 0 Å². The van der Waals surface area contributed by atoms with Gasteiger partial charge in [-0.2, -0.15) is 4.98 Å². The van der Waals surface area contributed by atoms with E-state index in [0.717, 1.165) is 38.9 Å². The van der Waals surface area contributed by atoms with Crippen LogP contribution >= 0.6 is 0 Å².